The number of hydrogen-bond acceptors (Lipinski definition) is 4. The van der Waals surface area contributed by atoms with Crippen LogP contribution in [0.4, 0.5) is 5.69 Å². The van der Waals surface area contributed by atoms with Gasteiger partial charge in [0.25, 0.3) is 11.8 Å². The van der Waals surface area contributed by atoms with Gasteiger partial charge in [-0.15, -0.1) is 0 Å². The van der Waals surface area contributed by atoms with Crippen LogP contribution in [0.3, 0.4) is 0 Å². The molecule has 0 saturated carbocycles. The molecule has 1 aliphatic rings. The van der Waals surface area contributed by atoms with Crippen LogP contribution in [0.15, 0.2) is 66.4 Å². The molecule has 2 amide bonds. The van der Waals surface area contributed by atoms with E-state index < -0.39 is 0 Å². The van der Waals surface area contributed by atoms with Gasteiger partial charge < -0.3 is 10.1 Å². The Morgan fingerprint density at radius 1 is 0.794 bits per heavy atom. The van der Waals surface area contributed by atoms with Gasteiger partial charge in [0.05, 0.1) is 12.1 Å². The molecule has 0 aromatic heterocycles. The van der Waals surface area contributed by atoms with Crippen molar-refractivity contribution < 1.29 is 14.3 Å². The molecule has 34 heavy (non-hydrogen) atoms. The highest BCUT2D eigenvalue weighted by Gasteiger charge is 2.39. The van der Waals surface area contributed by atoms with Crippen LogP contribution in [0.25, 0.3) is 5.57 Å². The zero-order valence-electron chi connectivity index (χ0n) is 20.4. The molecule has 5 heteroatoms. The SMILES string of the molecule is Cc1ccc(C2=C(Nc3cccc(C)c3C)C(=O)N(CCOc3cc(C)cc(C)c3)C2=O)cc1. The maximum Gasteiger partial charge on any atom is 0.278 e. The second kappa shape index (κ2) is 9.56. The van der Waals surface area contributed by atoms with Crippen LogP contribution in [0, 0.1) is 34.6 Å². The molecule has 0 saturated heterocycles. The number of ether oxygens (including phenoxy) is 1. The summed E-state index contributed by atoms with van der Waals surface area (Å²) in [5.41, 5.74) is 7.66. The Labute approximate surface area is 201 Å². The maximum atomic E-state index is 13.5. The van der Waals surface area contributed by atoms with Crippen LogP contribution < -0.4 is 10.1 Å². The van der Waals surface area contributed by atoms with E-state index in [0.29, 0.717) is 11.3 Å². The molecule has 3 aromatic rings. The number of hydrogen-bond donors (Lipinski definition) is 1. The summed E-state index contributed by atoms with van der Waals surface area (Å²) in [6.07, 6.45) is 0. The zero-order chi connectivity index (χ0) is 24.4. The van der Waals surface area contributed by atoms with Crippen LogP contribution in [-0.2, 0) is 9.59 Å². The van der Waals surface area contributed by atoms with Crippen molar-refractivity contribution in [2.45, 2.75) is 34.6 Å². The molecule has 5 nitrogen and oxygen atoms in total. The Morgan fingerprint density at radius 2 is 1.47 bits per heavy atom. The van der Waals surface area contributed by atoms with Crippen molar-refractivity contribution in [3.8, 4) is 5.75 Å². The van der Waals surface area contributed by atoms with Gasteiger partial charge in [-0.1, -0.05) is 48.0 Å². The first-order valence-corrected chi connectivity index (χ1v) is 11.5. The highest BCUT2D eigenvalue weighted by molar-refractivity contribution is 6.36. The Kier molecular flexibility index (Phi) is 6.55. The largest absolute Gasteiger partial charge is 0.492 e. The summed E-state index contributed by atoms with van der Waals surface area (Å²) in [6.45, 7) is 10.4. The number of amides is 2. The average molecular weight is 455 g/mol. The number of carbonyl (C=O) groups is 2. The number of anilines is 1. The van der Waals surface area contributed by atoms with Crippen molar-refractivity contribution in [1.82, 2.24) is 4.90 Å². The van der Waals surface area contributed by atoms with Gasteiger partial charge in [0.15, 0.2) is 0 Å². The fourth-order valence-corrected chi connectivity index (χ4v) is 4.18. The predicted octanol–water partition coefficient (Wildman–Crippen LogP) is 5.50. The minimum atomic E-state index is -0.342. The minimum Gasteiger partial charge on any atom is -0.492 e. The lowest BCUT2D eigenvalue weighted by Crippen LogP contribution is -2.36. The molecule has 1 heterocycles. The lowest BCUT2D eigenvalue weighted by Gasteiger charge is -2.17. The van der Waals surface area contributed by atoms with Crippen LogP contribution in [0.5, 0.6) is 5.75 Å². The molecule has 0 unspecified atom stereocenters. The van der Waals surface area contributed by atoms with E-state index in [2.05, 4.69) is 11.4 Å². The fourth-order valence-electron chi connectivity index (χ4n) is 4.18. The van der Waals surface area contributed by atoms with E-state index in [1.165, 1.54) is 4.90 Å². The molecule has 4 rings (SSSR count). The summed E-state index contributed by atoms with van der Waals surface area (Å²) >= 11 is 0. The fraction of sp³-hybridized carbons (Fsp3) is 0.241. The monoisotopic (exact) mass is 454 g/mol. The highest BCUT2D eigenvalue weighted by atomic mass is 16.5. The van der Waals surface area contributed by atoms with Crippen molar-refractivity contribution in [3.63, 3.8) is 0 Å². The van der Waals surface area contributed by atoms with Gasteiger partial charge in [-0.05, 0) is 80.6 Å². The van der Waals surface area contributed by atoms with Gasteiger partial charge in [-0.2, -0.15) is 0 Å². The zero-order valence-corrected chi connectivity index (χ0v) is 20.4. The molecular weight excluding hydrogens is 424 g/mol. The van der Waals surface area contributed by atoms with Crippen molar-refractivity contribution >= 4 is 23.1 Å². The van der Waals surface area contributed by atoms with Crippen molar-refractivity contribution in [1.29, 1.82) is 0 Å². The summed E-state index contributed by atoms with van der Waals surface area (Å²) in [6, 6.07) is 19.5. The third-order valence-electron chi connectivity index (χ3n) is 6.15. The molecule has 0 fully saturated rings. The third kappa shape index (κ3) is 4.74. The van der Waals surface area contributed by atoms with Crippen molar-refractivity contribution in [2.24, 2.45) is 0 Å². The van der Waals surface area contributed by atoms with E-state index >= 15 is 0 Å². The predicted molar refractivity (Wildman–Crippen MR) is 136 cm³/mol. The second-order valence-corrected chi connectivity index (χ2v) is 8.92. The number of rotatable bonds is 7. The van der Waals surface area contributed by atoms with E-state index in [1.807, 2.05) is 89.2 Å². The quantitative estimate of drug-likeness (QED) is 0.479. The number of aryl methyl sites for hydroxylation is 4. The maximum absolute atomic E-state index is 13.5. The first-order chi connectivity index (χ1) is 16.2. The summed E-state index contributed by atoms with van der Waals surface area (Å²) in [5, 5.41) is 3.27. The van der Waals surface area contributed by atoms with E-state index in [-0.39, 0.29) is 25.0 Å². The summed E-state index contributed by atoms with van der Waals surface area (Å²) in [4.78, 5) is 28.2. The summed E-state index contributed by atoms with van der Waals surface area (Å²) in [5.74, 6) is 0.0771. The van der Waals surface area contributed by atoms with E-state index in [1.54, 1.807) is 0 Å². The number of nitrogens with zero attached hydrogens (tertiary/aromatic N) is 1. The molecule has 0 atom stereocenters. The van der Waals surface area contributed by atoms with Gasteiger partial charge in [0.2, 0.25) is 0 Å². The van der Waals surface area contributed by atoms with E-state index in [0.717, 1.165) is 44.8 Å². The van der Waals surface area contributed by atoms with Crippen LogP contribution in [0.1, 0.15) is 33.4 Å². The van der Waals surface area contributed by atoms with Gasteiger partial charge in [0.1, 0.15) is 18.1 Å². The number of carbonyl (C=O) groups excluding carboxylic acids is 2. The first kappa shape index (κ1) is 23.3. The second-order valence-electron chi connectivity index (χ2n) is 8.92. The topological polar surface area (TPSA) is 58.6 Å². The van der Waals surface area contributed by atoms with E-state index in [9.17, 15) is 9.59 Å². The molecule has 174 valence electrons. The van der Waals surface area contributed by atoms with Crippen LogP contribution in [-0.4, -0.2) is 29.9 Å². The normalized spacial score (nSPS) is 13.6. The van der Waals surface area contributed by atoms with Crippen molar-refractivity contribution in [2.75, 3.05) is 18.5 Å². The molecule has 1 N–H and O–H groups in total. The molecule has 1 aliphatic heterocycles. The third-order valence-corrected chi connectivity index (χ3v) is 6.15. The number of benzene rings is 3. The Morgan fingerprint density at radius 3 is 2.15 bits per heavy atom. The number of nitrogens with one attached hydrogen (secondary N) is 1. The van der Waals surface area contributed by atoms with Gasteiger partial charge in [0, 0.05) is 5.69 Å². The number of imide groups is 1. The Hall–Kier alpha value is -3.86. The summed E-state index contributed by atoms with van der Waals surface area (Å²) in [7, 11) is 0. The molecule has 0 radical (unpaired) electrons. The lowest BCUT2D eigenvalue weighted by molar-refractivity contribution is -0.137. The smallest absolute Gasteiger partial charge is 0.278 e. The Bertz CT molecular complexity index is 1270. The highest BCUT2D eigenvalue weighted by Crippen LogP contribution is 2.32. The van der Waals surface area contributed by atoms with Crippen LogP contribution in [0.2, 0.25) is 0 Å². The molecule has 0 bridgehead atoms. The Balaban J connectivity index is 1.61. The average Bonchev–Trinajstić information content (AvgIpc) is 3.01. The van der Waals surface area contributed by atoms with Gasteiger partial charge >= 0.3 is 0 Å². The molecular formula is C29H30N2O3. The summed E-state index contributed by atoms with van der Waals surface area (Å²) < 4.78 is 5.89. The lowest BCUT2D eigenvalue weighted by atomic mass is 10.0. The first-order valence-electron chi connectivity index (χ1n) is 11.5. The molecule has 3 aromatic carbocycles. The van der Waals surface area contributed by atoms with Gasteiger partial charge in [-0.25, -0.2) is 0 Å². The molecule has 0 aliphatic carbocycles. The van der Waals surface area contributed by atoms with Gasteiger partial charge in [-0.3, -0.25) is 14.5 Å². The standard InChI is InChI=1S/C29H30N2O3/c1-18-9-11-23(12-10-18)26-27(30-25-8-6-7-21(4)22(25)5)29(33)31(28(26)32)13-14-34-24-16-19(2)15-20(3)17-24/h6-12,15-17,30H,13-14H2,1-5H3. The van der Waals surface area contributed by atoms with E-state index in [4.69, 9.17) is 4.74 Å². The van der Waals surface area contributed by atoms with Crippen LogP contribution >= 0.6 is 0 Å². The van der Waals surface area contributed by atoms with Crippen molar-refractivity contribution in [3.05, 3.63) is 99.7 Å². The minimum absolute atomic E-state index is 0.165. The molecule has 0 spiro atoms.